The Morgan fingerprint density at radius 1 is 1.19 bits per heavy atom. The van der Waals surface area contributed by atoms with Crippen LogP contribution in [-0.4, -0.2) is 47.8 Å². The number of hydrogen-bond acceptors (Lipinski definition) is 3. The van der Waals surface area contributed by atoms with E-state index in [1.165, 1.54) is 5.56 Å². The van der Waals surface area contributed by atoms with Crippen molar-refractivity contribution in [1.82, 2.24) is 9.80 Å². The zero-order chi connectivity index (χ0) is 13.8. The van der Waals surface area contributed by atoms with Gasteiger partial charge in [0, 0.05) is 42.8 Å². The van der Waals surface area contributed by atoms with Crippen molar-refractivity contribution in [1.29, 1.82) is 0 Å². The predicted molar refractivity (Wildman–Crippen MR) is 96.2 cm³/mol. The molecule has 0 aliphatic carbocycles. The normalized spacial score (nSPS) is 16.0. The summed E-state index contributed by atoms with van der Waals surface area (Å²) in [5, 5.41) is -0.413. The minimum Gasteiger partial charge on any atom is -0.301 e. The lowest BCUT2D eigenvalue weighted by Crippen LogP contribution is -2.45. The molecule has 0 unspecified atom stereocenters. The molecule has 7 heteroatoms. The minimum absolute atomic E-state index is 0. The molecule has 1 aromatic carbocycles. The Balaban J connectivity index is 0.00000200. The summed E-state index contributed by atoms with van der Waals surface area (Å²) in [7, 11) is 0. The summed E-state index contributed by atoms with van der Waals surface area (Å²) in [6.07, 6.45) is 0. The standard InChI is InChI=1S/C14H18BrClN2O.2ClH/c1-2-17-5-7-18(8-6-17)10-12-4-3-11(14(16)19)9-13(12)15;;/h3-4,9H,2,5-8,10H2,1H3;2*1H. The zero-order valence-electron chi connectivity index (χ0n) is 11.8. The number of benzene rings is 1. The maximum atomic E-state index is 11.1. The van der Waals surface area contributed by atoms with Crippen LogP contribution in [-0.2, 0) is 6.54 Å². The van der Waals surface area contributed by atoms with E-state index in [0.29, 0.717) is 5.56 Å². The topological polar surface area (TPSA) is 23.6 Å². The van der Waals surface area contributed by atoms with Crippen LogP contribution in [0.2, 0.25) is 0 Å². The third kappa shape index (κ3) is 6.05. The Morgan fingerprint density at radius 3 is 2.24 bits per heavy atom. The largest absolute Gasteiger partial charge is 0.301 e. The van der Waals surface area contributed by atoms with Crippen molar-refractivity contribution in [2.75, 3.05) is 32.7 Å². The summed E-state index contributed by atoms with van der Waals surface area (Å²) in [5.74, 6) is 0. The Bertz CT molecular complexity index is 466. The van der Waals surface area contributed by atoms with Gasteiger partial charge in [0.1, 0.15) is 0 Å². The molecule has 1 aliphatic rings. The van der Waals surface area contributed by atoms with Gasteiger partial charge in [0.15, 0.2) is 0 Å². The van der Waals surface area contributed by atoms with Gasteiger partial charge in [-0.3, -0.25) is 9.69 Å². The van der Waals surface area contributed by atoms with Gasteiger partial charge in [-0.1, -0.05) is 28.9 Å². The van der Waals surface area contributed by atoms with E-state index in [0.717, 1.165) is 43.7 Å². The number of carbonyl (C=O) groups excluding carboxylic acids is 1. The molecule has 2 rings (SSSR count). The number of likely N-dealkylation sites (N-methyl/N-ethyl adjacent to an activating group) is 1. The second-order valence-electron chi connectivity index (χ2n) is 4.79. The first-order chi connectivity index (χ1) is 9.10. The van der Waals surface area contributed by atoms with E-state index < -0.39 is 5.24 Å². The van der Waals surface area contributed by atoms with Crippen molar-refractivity contribution in [3.63, 3.8) is 0 Å². The Labute approximate surface area is 152 Å². The average Bonchev–Trinajstić information content (AvgIpc) is 2.41. The van der Waals surface area contributed by atoms with Gasteiger partial charge in [0.05, 0.1) is 0 Å². The zero-order valence-corrected chi connectivity index (χ0v) is 15.8. The van der Waals surface area contributed by atoms with Crippen molar-refractivity contribution in [3.8, 4) is 0 Å². The predicted octanol–water partition coefficient (Wildman–Crippen LogP) is 3.81. The summed E-state index contributed by atoms with van der Waals surface area (Å²) < 4.78 is 0.955. The quantitative estimate of drug-likeness (QED) is 0.695. The molecular weight excluding hydrogens is 398 g/mol. The fourth-order valence-corrected chi connectivity index (χ4v) is 2.92. The van der Waals surface area contributed by atoms with Gasteiger partial charge in [0.2, 0.25) is 0 Å². The van der Waals surface area contributed by atoms with Crippen LogP contribution in [0.15, 0.2) is 22.7 Å². The van der Waals surface area contributed by atoms with Gasteiger partial charge in [0.25, 0.3) is 5.24 Å². The van der Waals surface area contributed by atoms with E-state index in [1.807, 2.05) is 6.07 Å². The summed E-state index contributed by atoms with van der Waals surface area (Å²) >= 11 is 9.00. The monoisotopic (exact) mass is 416 g/mol. The highest BCUT2D eigenvalue weighted by Crippen LogP contribution is 2.21. The van der Waals surface area contributed by atoms with E-state index in [-0.39, 0.29) is 24.8 Å². The number of piperazine rings is 1. The number of nitrogens with zero attached hydrogens (tertiary/aromatic N) is 2. The fraction of sp³-hybridized carbons (Fsp3) is 0.500. The molecule has 0 spiro atoms. The fourth-order valence-electron chi connectivity index (χ4n) is 2.30. The van der Waals surface area contributed by atoms with Gasteiger partial charge in [-0.15, -0.1) is 24.8 Å². The molecule has 1 saturated heterocycles. The molecule has 21 heavy (non-hydrogen) atoms. The summed E-state index contributed by atoms with van der Waals surface area (Å²) in [6, 6.07) is 5.57. The minimum atomic E-state index is -0.413. The average molecular weight is 419 g/mol. The van der Waals surface area contributed by atoms with E-state index in [9.17, 15) is 4.79 Å². The SMILES string of the molecule is CCN1CCN(Cc2ccc(C(=O)Cl)cc2Br)CC1.Cl.Cl. The lowest BCUT2D eigenvalue weighted by molar-refractivity contribution is 0.108. The highest BCUT2D eigenvalue weighted by Gasteiger charge is 2.16. The Hall–Kier alpha value is 0.160. The molecule has 0 atom stereocenters. The smallest absolute Gasteiger partial charge is 0.252 e. The molecule has 0 bridgehead atoms. The van der Waals surface area contributed by atoms with Crippen LogP contribution in [0.4, 0.5) is 0 Å². The van der Waals surface area contributed by atoms with E-state index in [2.05, 4.69) is 32.7 Å². The third-order valence-corrected chi connectivity index (χ3v) is 4.54. The molecule has 0 N–H and O–H groups in total. The lowest BCUT2D eigenvalue weighted by Gasteiger charge is -2.34. The van der Waals surface area contributed by atoms with Crippen molar-refractivity contribution in [2.24, 2.45) is 0 Å². The molecular formula is C14H20BrCl3N2O. The van der Waals surface area contributed by atoms with Gasteiger partial charge >= 0.3 is 0 Å². The highest BCUT2D eigenvalue weighted by atomic mass is 79.9. The highest BCUT2D eigenvalue weighted by molar-refractivity contribution is 9.10. The van der Waals surface area contributed by atoms with E-state index >= 15 is 0 Å². The molecule has 0 radical (unpaired) electrons. The molecule has 1 aliphatic heterocycles. The summed E-state index contributed by atoms with van der Waals surface area (Å²) in [5.41, 5.74) is 1.74. The molecule has 120 valence electrons. The third-order valence-electron chi connectivity index (χ3n) is 3.59. The second-order valence-corrected chi connectivity index (χ2v) is 5.99. The van der Waals surface area contributed by atoms with Crippen molar-refractivity contribution in [2.45, 2.75) is 13.5 Å². The molecule has 1 aromatic rings. The molecule has 1 fully saturated rings. The molecule has 0 saturated carbocycles. The van der Waals surface area contributed by atoms with Crippen LogP contribution in [0.5, 0.6) is 0 Å². The van der Waals surface area contributed by atoms with Crippen LogP contribution in [0.1, 0.15) is 22.8 Å². The summed E-state index contributed by atoms with van der Waals surface area (Å²) in [6.45, 7) is 8.69. The van der Waals surface area contributed by atoms with Gasteiger partial charge < -0.3 is 4.90 Å². The van der Waals surface area contributed by atoms with Crippen molar-refractivity contribution >= 4 is 57.6 Å². The van der Waals surface area contributed by atoms with Crippen molar-refractivity contribution < 1.29 is 4.79 Å². The molecule has 3 nitrogen and oxygen atoms in total. The van der Waals surface area contributed by atoms with Gasteiger partial charge in [-0.2, -0.15) is 0 Å². The number of carbonyl (C=O) groups is 1. The summed E-state index contributed by atoms with van der Waals surface area (Å²) in [4.78, 5) is 16.0. The first kappa shape index (κ1) is 21.2. The number of rotatable bonds is 4. The first-order valence-electron chi connectivity index (χ1n) is 6.53. The van der Waals surface area contributed by atoms with E-state index in [4.69, 9.17) is 11.6 Å². The maximum Gasteiger partial charge on any atom is 0.252 e. The van der Waals surface area contributed by atoms with E-state index in [1.54, 1.807) is 12.1 Å². The van der Waals surface area contributed by atoms with Crippen LogP contribution in [0.3, 0.4) is 0 Å². The maximum absolute atomic E-state index is 11.1. The number of hydrogen-bond donors (Lipinski definition) is 0. The van der Waals surface area contributed by atoms with Crippen LogP contribution in [0, 0.1) is 0 Å². The van der Waals surface area contributed by atoms with Gasteiger partial charge in [-0.25, -0.2) is 0 Å². The molecule has 1 heterocycles. The second kappa shape index (κ2) is 10.0. The van der Waals surface area contributed by atoms with Crippen LogP contribution < -0.4 is 0 Å². The number of halogens is 4. The van der Waals surface area contributed by atoms with Crippen LogP contribution in [0.25, 0.3) is 0 Å². The van der Waals surface area contributed by atoms with Crippen LogP contribution >= 0.6 is 52.3 Å². The van der Waals surface area contributed by atoms with Gasteiger partial charge in [-0.05, 0) is 35.8 Å². The lowest BCUT2D eigenvalue weighted by atomic mass is 10.1. The Kier molecular flexibility index (Phi) is 10.1. The molecule has 0 amide bonds. The molecule has 0 aromatic heterocycles. The van der Waals surface area contributed by atoms with Crippen molar-refractivity contribution in [3.05, 3.63) is 33.8 Å². The Morgan fingerprint density at radius 2 is 1.76 bits per heavy atom. The first-order valence-corrected chi connectivity index (χ1v) is 7.70.